The molecular formula is C41H66O5. The average molecular weight is 639 g/mol. The lowest BCUT2D eigenvalue weighted by Crippen LogP contribution is -2.66. The van der Waals surface area contributed by atoms with Crippen molar-refractivity contribution in [2.45, 2.75) is 165 Å². The molecule has 260 valence electrons. The molecule has 0 saturated heterocycles. The van der Waals surface area contributed by atoms with Crippen molar-refractivity contribution in [3.8, 4) is 0 Å². The number of fused-ring (bicyclic) bond motifs is 7. The number of ketones is 1. The van der Waals surface area contributed by atoms with E-state index >= 15 is 0 Å². The van der Waals surface area contributed by atoms with Crippen molar-refractivity contribution in [2.75, 3.05) is 0 Å². The first-order valence-corrected chi connectivity index (χ1v) is 18.8. The van der Waals surface area contributed by atoms with E-state index < -0.39 is 11.4 Å². The van der Waals surface area contributed by atoms with Gasteiger partial charge in [-0.15, -0.1) is 0 Å². The second-order valence-corrected chi connectivity index (χ2v) is 19.4. The third-order valence-electron chi connectivity index (χ3n) is 15.9. The standard InChI is InChI=1S/C41H66O5/c1-26(2)28-15-21-41(18-11-12-27(3)42)23-22-39(9)29(35(28)41)13-14-31-38(8)19-17-32(37(6,7)30(38)16-20-40(31,39)10)46-34(45)25-36(4,5)24-33(43)44/h28-32,35H,1,11-25H2,2-10H3,(H,43,44)/t28-,29+,30-,31+,32-,35+,38-,39+,40+,41+/m0/s1. The molecule has 0 amide bonds. The molecule has 0 aromatic carbocycles. The number of carbonyl (C=O) groups excluding carboxylic acids is 2. The molecule has 10 atom stereocenters. The molecule has 5 aliphatic rings. The topological polar surface area (TPSA) is 80.7 Å². The van der Waals surface area contributed by atoms with Crippen LogP contribution in [-0.2, 0) is 19.1 Å². The van der Waals surface area contributed by atoms with Gasteiger partial charge in [-0.2, -0.15) is 0 Å². The van der Waals surface area contributed by atoms with Crippen LogP contribution in [0.2, 0.25) is 0 Å². The fraction of sp³-hybridized carbons (Fsp3) is 0.878. The number of allylic oxidation sites excluding steroid dienone is 1. The van der Waals surface area contributed by atoms with Crippen LogP contribution in [0, 0.1) is 62.1 Å². The van der Waals surface area contributed by atoms with Gasteiger partial charge in [0.25, 0.3) is 0 Å². The minimum absolute atomic E-state index is 0.0373. The number of rotatable bonds is 10. The highest BCUT2D eigenvalue weighted by molar-refractivity contribution is 5.75. The van der Waals surface area contributed by atoms with E-state index in [1.54, 1.807) is 6.92 Å². The summed E-state index contributed by atoms with van der Waals surface area (Å²) in [6, 6.07) is 0. The van der Waals surface area contributed by atoms with Gasteiger partial charge in [-0.3, -0.25) is 9.59 Å². The molecule has 0 radical (unpaired) electrons. The Balaban J connectivity index is 1.38. The van der Waals surface area contributed by atoms with E-state index in [4.69, 9.17) is 4.74 Å². The number of aliphatic carboxylic acids is 1. The molecule has 1 N–H and O–H groups in total. The van der Waals surface area contributed by atoms with E-state index in [0.717, 1.165) is 25.7 Å². The molecule has 5 nitrogen and oxygen atoms in total. The summed E-state index contributed by atoms with van der Waals surface area (Å²) in [5.41, 5.74) is 1.77. The molecule has 5 heteroatoms. The lowest BCUT2D eigenvalue weighted by molar-refractivity contribution is -0.250. The SMILES string of the molecule is C=C(C)[C@@H]1CC[C@]2(CCCC(C)=O)CC[C@]3(C)[C@H](CC[C@@H]4[C@@]5(C)CC[C@H](OC(=O)CC(C)(C)CC(=O)O)C(C)(C)[C@@H]5CC[C@]43C)[C@@H]12. The smallest absolute Gasteiger partial charge is 0.306 e. The average Bonchev–Trinajstić information content (AvgIpc) is 3.29. The van der Waals surface area contributed by atoms with Gasteiger partial charge in [0.2, 0.25) is 0 Å². The van der Waals surface area contributed by atoms with E-state index in [1.165, 1.54) is 63.4 Å². The molecule has 46 heavy (non-hydrogen) atoms. The van der Waals surface area contributed by atoms with E-state index in [0.29, 0.717) is 46.2 Å². The van der Waals surface area contributed by atoms with Crippen LogP contribution in [0.15, 0.2) is 12.2 Å². The van der Waals surface area contributed by atoms with Gasteiger partial charge in [0.05, 0.1) is 12.8 Å². The Bertz CT molecular complexity index is 1230. The van der Waals surface area contributed by atoms with Crippen LogP contribution in [0.4, 0.5) is 0 Å². The number of carbonyl (C=O) groups is 3. The third kappa shape index (κ3) is 5.74. The maximum absolute atomic E-state index is 13.2. The molecule has 0 aliphatic heterocycles. The van der Waals surface area contributed by atoms with Gasteiger partial charge in [-0.05, 0) is 148 Å². The summed E-state index contributed by atoms with van der Waals surface area (Å²) in [6.45, 7) is 24.9. The number of carboxylic acid groups (broad SMARTS) is 1. The number of Topliss-reactive ketones (excluding diaryl/α,β-unsaturated/α-hetero) is 1. The lowest BCUT2D eigenvalue weighted by atomic mass is 9.32. The van der Waals surface area contributed by atoms with Gasteiger partial charge in [0, 0.05) is 11.8 Å². The van der Waals surface area contributed by atoms with Crippen molar-refractivity contribution >= 4 is 17.7 Å². The van der Waals surface area contributed by atoms with Crippen molar-refractivity contribution < 1.29 is 24.2 Å². The molecule has 5 rings (SSSR count). The Morgan fingerprint density at radius 1 is 0.826 bits per heavy atom. The normalized spacial score (nSPS) is 43.0. The Morgan fingerprint density at radius 2 is 1.52 bits per heavy atom. The van der Waals surface area contributed by atoms with Crippen molar-refractivity contribution in [1.29, 1.82) is 0 Å². The van der Waals surface area contributed by atoms with E-state index in [-0.39, 0.29) is 41.2 Å². The minimum atomic E-state index is -0.875. The van der Waals surface area contributed by atoms with Gasteiger partial charge in [-0.1, -0.05) is 60.6 Å². The van der Waals surface area contributed by atoms with Crippen LogP contribution in [-0.4, -0.2) is 28.9 Å². The van der Waals surface area contributed by atoms with Crippen LogP contribution in [0.3, 0.4) is 0 Å². The van der Waals surface area contributed by atoms with Gasteiger partial charge >= 0.3 is 11.9 Å². The number of carboxylic acids is 1. The maximum Gasteiger partial charge on any atom is 0.306 e. The molecule has 0 bridgehead atoms. The quantitative estimate of drug-likeness (QED) is 0.190. The number of ether oxygens (including phenoxy) is 1. The van der Waals surface area contributed by atoms with Gasteiger partial charge in [0.1, 0.15) is 11.9 Å². The zero-order chi connectivity index (χ0) is 34.1. The zero-order valence-electron chi connectivity index (χ0n) is 30.9. The third-order valence-corrected chi connectivity index (χ3v) is 15.9. The van der Waals surface area contributed by atoms with Gasteiger partial charge in [0.15, 0.2) is 0 Å². The molecule has 5 saturated carbocycles. The van der Waals surface area contributed by atoms with E-state index in [9.17, 15) is 19.5 Å². The first-order valence-electron chi connectivity index (χ1n) is 18.8. The monoisotopic (exact) mass is 638 g/mol. The first kappa shape index (κ1) is 35.7. The predicted octanol–water partition coefficient (Wildman–Crippen LogP) is 10.2. The van der Waals surface area contributed by atoms with Crippen LogP contribution in [0.1, 0.15) is 159 Å². The Hall–Kier alpha value is -1.65. The number of hydrogen-bond acceptors (Lipinski definition) is 4. The molecule has 0 aromatic heterocycles. The summed E-state index contributed by atoms with van der Waals surface area (Å²) >= 11 is 0. The first-order chi connectivity index (χ1) is 21.2. The van der Waals surface area contributed by atoms with Crippen LogP contribution < -0.4 is 0 Å². The summed E-state index contributed by atoms with van der Waals surface area (Å²) in [6.07, 6.45) is 15.1. The molecule has 0 spiro atoms. The molecule has 5 aliphatic carbocycles. The number of hydrogen-bond donors (Lipinski definition) is 1. The summed E-state index contributed by atoms with van der Waals surface area (Å²) in [4.78, 5) is 36.4. The summed E-state index contributed by atoms with van der Waals surface area (Å²) in [5, 5.41) is 9.31. The summed E-state index contributed by atoms with van der Waals surface area (Å²) < 4.78 is 6.26. The Morgan fingerprint density at radius 3 is 2.15 bits per heavy atom. The second-order valence-electron chi connectivity index (χ2n) is 19.4. The molecule has 0 heterocycles. The summed E-state index contributed by atoms with van der Waals surface area (Å²) in [5.74, 6) is 2.36. The van der Waals surface area contributed by atoms with Crippen LogP contribution in [0.25, 0.3) is 0 Å². The van der Waals surface area contributed by atoms with Gasteiger partial charge < -0.3 is 14.6 Å². The number of esters is 1. The fourth-order valence-electron chi connectivity index (χ4n) is 13.7. The van der Waals surface area contributed by atoms with E-state index in [2.05, 4.69) is 48.1 Å². The predicted molar refractivity (Wildman–Crippen MR) is 184 cm³/mol. The maximum atomic E-state index is 13.2. The van der Waals surface area contributed by atoms with Crippen molar-refractivity contribution in [3.05, 3.63) is 12.2 Å². The Kier molecular flexibility index (Phi) is 9.33. The van der Waals surface area contributed by atoms with Gasteiger partial charge in [-0.25, -0.2) is 0 Å². The molecular weight excluding hydrogens is 572 g/mol. The second kappa shape index (κ2) is 12.0. The molecule has 0 aromatic rings. The van der Waals surface area contributed by atoms with Crippen LogP contribution in [0.5, 0.6) is 0 Å². The minimum Gasteiger partial charge on any atom is -0.481 e. The van der Waals surface area contributed by atoms with Crippen LogP contribution >= 0.6 is 0 Å². The highest BCUT2D eigenvalue weighted by Crippen LogP contribution is 2.78. The summed E-state index contributed by atoms with van der Waals surface area (Å²) in [7, 11) is 0. The lowest BCUT2D eigenvalue weighted by Gasteiger charge is -2.73. The highest BCUT2D eigenvalue weighted by Gasteiger charge is 2.71. The molecule has 0 unspecified atom stereocenters. The fourth-order valence-corrected chi connectivity index (χ4v) is 13.7. The van der Waals surface area contributed by atoms with Crippen molar-refractivity contribution in [2.24, 2.45) is 62.1 Å². The van der Waals surface area contributed by atoms with E-state index in [1.807, 2.05) is 13.8 Å². The largest absolute Gasteiger partial charge is 0.481 e. The zero-order valence-corrected chi connectivity index (χ0v) is 30.9. The van der Waals surface area contributed by atoms with Crippen molar-refractivity contribution in [1.82, 2.24) is 0 Å². The molecule has 5 fully saturated rings. The highest BCUT2D eigenvalue weighted by atomic mass is 16.5. The van der Waals surface area contributed by atoms with Crippen molar-refractivity contribution in [3.63, 3.8) is 0 Å². The Labute approximate surface area is 280 Å².